The Morgan fingerprint density at radius 3 is 2.68 bits per heavy atom. The lowest BCUT2D eigenvalue weighted by Crippen LogP contribution is -2.09. The molecule has 6 nitrogen and oxygen atoms in total. The zero-order chi connectivity index (χ0) is 17.2. The van der Waals surface area contributed by atoms with Gasteiger partial charge in [-0.05, 0) is 36.4 Å². The molecule has 0 bridgehead atoms. The van der Waals surface area contributed by atoms with Crippen molar-refractivity contribution < 1.29 is 0 Å². The highest BCUT2D eigenvalue weighted by Gasteiger charge is 2.25. The summed E-state index contributed by atoms with van der Waals surface area (Å²) in [6.45, 7) is 0.806. The first kappa shape index (κ1) is 15.4. The van der Waals surface area contributed by atoms with Gasteiger partial charge in [-0.3, -0.25) is 0 Å². The van der Waals surface area contributed by atoms with E-state index in [2.05, 4.69) is 43.7 Å². The minimum absolute atomic E-state index is 0.198. The molecule has 3 heterocycles. The SMILES string of the molecule is CN(C)c1ccc(Nc2nccc(C3CNc4ncccc43)n2)cc1. The zero-order valence-corrected chi connectivity index (χ0v) is 14.3. The van der Waals surface area contributed by atoms with Gasteiger partial charge in [0.1, 0.15) is 5.82 Å². The number of fused-ring (bicyclic) bond motifs is 1. The molecule has 1 aromatic carbocycles. The van der Waals surface area contributed by atoms with E-state index in [4.69, 9.17) is 4.98 Å². The molecule has 2 aromatic heterocycles. The molecule has 126 valence electrons. The number of hydrogen-bond acceptors (Lipinski definition) is 6. The number of aromatic nitrogens is 3. The van der Waals surface area contributed by atoms with Crippen molar-refractivity contribution in [3.8, 4) is 0 Å². The van der Waals surface area contributed by atoms with Crippen molar-refractivity contribution in [3.05, 3.63) is 66.1 Å². The van der Waals surface area contributed by atoms with E-state index in [9.17, 15) is 0 Å². The summed E-state index contributed by atoms with van der Waals surface area (Å²) in [7, 11) is 4.05. The first-order chi connectivity index (χ1) is 12.2. The van der Waals surface area contributed by atoms with Crippen molar-refractivity contribution in [2.24, 2.45) is 0 Å². The minimum Gasteiger partial charge on any atom is -0.378 e. The van der Waals surface area contributed by atoms with Crippen LogP contribution in [0.25, 0.3) is 0 Å². The van der Waals surface area contributed by atoms with Crippen LogP contribution in [-0.2, 0) is 0 Å². The molecule has 3 aromatic rings. The van der Waals surface area contributed by atoms with Gasteiger partial charge in [0.15, 0.2) is 0 Å². The molecule has 0 amide bonds. The van der Waals surface area contributed by atoms with Gasteiger partial charge in [0.25, 0.3) is 0 Å². The molecule has 0 saturated carbocycles. The molecule has 1 aliphatic rings. The van der Waals surface area contributed by atoms with E-state index in [0.29, 0.717) is 5.95 Å². The number of nitrogens with one attached hydrogen (secondary N) is 2. The lowest BCUT2D eigenvalue weighted by molar-refractivity contribution is 0.853. The summed E-state index contributed by atoms with van der Waals surface area (Å²) < 4.78 is 0. The fourth-order valence-electron chi connectivity index (χ4n) is 3.02. The molecular weight excluding hydrogens is 312 g/mol. The van der Waals surface area contributed by atoms with Crippen molar-refractivity contribution in [1.82, 2.24) is 15.0 Å². The second-order valence-electron chi connectivity index (χ2n) is 6.25. The van der Waals surface area contributed by atoms with E-state index in [1.807, 2.05) is 38.4 Å². The van der Waals surface area contributed by atoms with Crippen LogP contribution in [0, 0.1) is 0 Å². The summed E-state index contributed by atoms with van der Waals surface area (Å²) in [6, 6.07) is 14.2. The van der Waals surface area contributed by atoms with Crippen LogP contribution >= 0.6 is 0 Å². The van der Waals surface area contributed by atoms with Crippen LogP contribution in [-0.4, -0.2) is 35.6 Å². The first-order valence-corrected chi connectivity index (χ1v) is 8.27. The highest BCUT2D eigenvalue weighted by atomic mass is 15.1. The van der Waals surface area contributed by atoms with Crippen molar-refractivity contribution in [2.75, 3.05) is 36.2 Å². The molecule has 0 radical (unpaired) electrons. The van der Waals surface area contributed by atoms with Crippen molar-refractivity contribution in [2.45, 2.75) is 5.92 Å². The molecule has 25 heavy (non-hydrogen) atoms. The second kappa shape index (κ2) is 6.39. The molecule has 0 spiro atoms. The molecule has 2 N–H and O–H groups in total. The van der Waals surface area contributed by atoms with E-state index in [1.54, 1.807) is 12.4 Å². The van der Waals surface area contributed by atoms with Gasteiger partial charge >= 0.3 is 0 Å². The average molecular weight is 332 g/mol. The van der Waals surface area contributed by atoms with Gasteiger partial charge in [0, 0.05) is 55.9 Å². The quantitative estimate of drug-likeness (QED) is 0.765. The lowest BCUT2D eigenvalue weighted by Gasteiger charge is -2.14. The number of nitrogens with zero attached hydrogens (tertiary/aromatic N) is 4. The topological polar surface area (TPSA) is 66.0 Å². The van der Waals surface area contributed by atoms with Gasteiger partial charge in [-0.2, -0.15) is 0 Å². The Morgan fingerprint density at radius 1 is 1.04 bits per heavy atom. The molecule has 1 unspecified atom stereocenters. The zero-order valence-electron chi connectivity index (χ0n) is 14.3. The van der Waals surface area contributed by atoms with Crippen LogP contribution in [0.4, 0.5) is 23.1 Å². The Hall–Kier alpha value is -3.15. The highest BCUT2D eigenvalue weighted by molar-refractivity contribution is 5.59. The van der Waals surface area contributed by atoms with E-state index >= 15 is 0 Å². The molecule has 0 fully saturated rings. The summed E-state index contributed by atoms with van der Waals surface area (Å²) in [6.07, 6.45) is 3.60. The summed E-state index contributed by atoms with van der Waals surface area (Å²) in [4.78, 5) is 15.5. The van der Waals surface area contributed by atoms with E-state index < -0.39 is 0 Å². The van der Waals surface area contributed by atoms with E-state index in [1.165, 1.54) is 5.56 Å². The Bertz CT molecular complexity index is 875. The van der Waals surface area contributed by atoms with Gasteiger partial charge in [-0.15, -0.1) is 0 Å². The summed E-state index contributed by atoms with van der Waals surface area (Å²) in [5, 5.41) is 6.62. The standard InChI is InChI=1S/C19H20N6/c1-25(2)14-7-5-13(6-8-14)23-19-21-11-9-17(24-19)16-12-22-18-15(16)4-3-10-20-18/h3-11,16H,12H2,1-2H3,(H,20,22)(H,21,23,24). The summed E-state index contributed by atoms with van der Waals surface area (Å²) in [5.74, 6) is 1.75. The number of hydrogen-bond donors (Lipinski definition) is 2. The number of benzene rings is 1. The molecule has 6 heteroatoms. The minimum atomic E-state index is 0.198. The molecule has 0 saturated heterocycles. The number of anilines is 4. The number of rotatable bonds is 4. The van der Waals surface area contributed by atoms with E-state index in [-0.39, 0.29) is 5.92 Å². The average Bonchev–Trinajstić information content (AvgIpc) is 3.06. The Morgan fingerprint density at radius 2 is 1.88 bits per heavy atom. The van der Waals surface area contributed by atoms with Gasteiger partial charge in [-0.25, -0.2) is 15.0 Å². The normalized spacial score (nSPS) is 15.4. The first-order valence-electron chi connectivity index (χ1n) is 8.27. The third-order valence-electron chi connectivity index (χ3n) is 4.36. The molecular formula is C19H20N6. The molecule has 1 aliphatic heterocycles. The van der Waals surface area contributed by atoms with Crippen LogP contribution in [0.3, 0.4) is 0 Å². The van der Waals surface area contributed by atoms with Gasteiger partial charge in [0.05, 0.1) is 5.69 Å². The Balaban J connectivity index is 1.56. The molecule has 4 rings (SSSR count). The van der Waals surface area contributed by atoms with Crippen molar-refractivity contribution in [3.63, 3.8) is 0 Å². The van der Waals surface area contributed by atoms with Crippen molar-refractivity contribution >= 4 is 23.1 Å². The van der Waals surface area contributed by atoms with Gasteiger partial charge in [-0.1, -0.05) is 6.07 Å². The lowest BCUT2D eigenvalue weighted by atomic mass is 9.99. The maximum Gasteiger partial charge on any atom is 0.227 e. The smallest absolute Gasteiger partial charge is 0.227 e. The third kappa shape index (κ3) is 3.10. The molecule has 0 aliphatic carbocycles. The number of pyridine rings is 1. The predicted molar refractivity (Wildman–Crippen MR) is 101 cm³/mol. The monoisotopic (exact) mass is 332 g/mol. The van der Waals surface area contributed by atoms with Crippen LogP contribution in [0.5, 0.6) is 0 Å². The van der Waals surface area contributed by atoms with Crippen LogP contribution in [0.1, 0.15) is 17.2 Å². The Labute approximate surface area is 147 Å². The van der Waals surface area contributed by atoms with Crippen molar-refractivity contribution in [1.29, 1.82) is 0 Å². The maximum absolute atomic E-state index is 4.71. The van der Waals surface area contributed by atoms with Crippen LogP contribution in [0.2, 0.25) is 0 Å². The fraction of sp³-hybridized carbons (Fsp3) is 0.211. The molecule has 1 atom stereocenters. The Kier molecular flexibility index (Phi) is 3.93. The summed E-state index contributed by atoms with van der Waals surface area (Å²) >= 11 is 0. The van der Waals surface area contributed by atoms with Gasteiger partial charge in [0.2, 0.25) is 5.95 Å². The van der Waals surface area contributed by atoms with Gasteiger partial charge < -0.3 is 15.5 Å². The third-order valence-corrected chi connectivity index (χ3v) is 4.36. The highest BCUT2D eigenvalue weighted by Crippen LogP contribution is 2.33. The maximum atomic E-state index is 4.71. The second-order valence-corrected chi connectivity index (χ2v) is 6.25. The van der Waals surface area contributed by atoms with Crippen LogP contribution < -0.4 is 15.5 Å². The fourth-order valence-corrected chi connectivity index (χ4v) is 3.02. The van der Waals surface area contributed by atoms with Crippen LogP contribution in [0.15, 0.2) is 54.9 Å². The van der Waals surface area contributed by atoms with E-state index in [0.717, 1.165) is 29.4 Å². The largest absolute Gasteiger partial charge is 0.378 e. The predicted octanol–water partition coefficient (Wildman–Crippen LogP) is 3.24. The summed E-state index contributed by atoms with van der Waals surface area (Å²) in [5.41, 5.74) is 4.29.